The first-order valence-corrected chi connectivity index (χ1v) is 10.7. The van der Waals surface area contributed by atoms with Crippen molar-refractivity contribution in [2.45, 2.75) is 0 Å². The maximum absolute atomic E-state index is 13.0. The number of thiocarbonyl (C=S) groups is 1. The molecule has 0 saturated carbocycles. The molecule has 2 heterocycles. The van der Waals surface area contributed by atoms with Crippen molar-refractivity contribution in [2.75, 3.05) is 43.2 Å². The largest absolute Gasteiger partial charge is 0.495 e. The van der Waals surface area contributed by atoms with Crippen LogP contribution in [0.1, 0.15) is 5.56 Å². The lowest BCUT2D eigenvalue weighted by molar-refractivity contribution is -0.113. The van der Waals surface area contributed by atoms with Gasteiger partial charge in [-0.25, -0.2) is 0 Å². The lowest BCUT2D eigenvalue weighted by Gasteiger charge is -2.28. The summed E-state index contributed by atoms with van der Waals surface area (Å²) in [6.07, 6.45) is 1.87. The molecular weight excluding hydrogens is 428 g/mol. The van der Waals surface area contributed by atoms with E-state index in [0.29, 0.717) is 25.7 Å². The average molecular weight is 447 g/mol. The van der Waals surface area contributed by atoms with Crippen LogP contribution in [0, 0.1) is 0 Å². The minimum Gasteiger partial charge on any atom is -0.495 e. The predicted molar refractivity (Wildman–Crippen MR) is 123 cm³/mol. The smallest absolute Gasteiger partial charge is 0.270 e. The van der Waals surface area contributed by atoms with E-state index in [-0.39, 0.29) is 5.91 Å². The molecular formula is C21H19ClN2O3S2. The number of carbonyl (C=O) groups is 1. The second kappa shape index (κ2) is 8.75. The van der Waals surface area contributed by atoms with Crippen molar-refractivity contribution in [3.05, 3.63) is 58.0 Å². The molecule has 2 fully saturated rings. The van der Waals surface area contributed by atoms with Crippen molar-refractivity contribution >= 4 is 63.3 Å². The molecule has 2 aliphatic rings. The maximum atomic E-state index is 13.0. The summed E-state index contributed by atoms with van der Waals surface area (Å²) in [5, 5.41) is 0.432. The van der Waals surface area contributed by atoms with E-state index in [9.17, 15) is 4.79 Å². The molecule has 2 saturated heterocycles. The van der Waals surface area contributed by atoms with Gasteiger partial charge in [-0.1, -0.05) is 47.7 Å². The van der Waals surface area contributed by atoms with Crippen LogP contribution in [0.15, 0.2) is 47.4 Å². The summed E-state index contributed by atoms with van der Waals surface area (Å²) < 4.78 is 11.1. The van der Waals surface area contributed by atoms with Crippen molar-refractivity contribution < 1.29 is 14.3 Å². The Kier molecular flexibility index (Phi) is 6.10. The summed E-state index contributed by atoms with van der Waals surface area (Å²) in [6, 6.07) is 13.4. The zero-order valence-corrected chi connectivity index (χ0v) is 18.1. The summed E-state index contributed by atoms with van der Waals surface area (Å²) in [6.45, 7) is 3.28. The summed E-state index contributed by atoms with van der Waals surface area (Å²) in [7, 11) is 1.55. The molecule has 0 bridgehead atoms. The third-order valence-electron chi connectivity index (χ3n) is 4.75. The molecule has 1 amide bonds. The van der Waals surface area contributed by atoms with Crippen molar-refractivity contribution in [2.24, 2.45) is 0 Å². The summed E-state index contributed by atoms with van der Waals surface area (Å²) in [4.78, 5) is 17.3. The van der Waals surface area contributed by atoms with E-state index in [1.165, 1.54) is 16.7 Å². The van der Waals surface area contributed by atoms with Crippen LogP contribution in [0.4, 0.5) is 11.4 Å². The normalized spacial score (nSPS) is 18.6. The number of methoxy groups -OCH3 is 1. The lowest BCUT2D eigenvalue weighted by Crippen LogP contribution is -2.36. The lowest BCUT2D eigenvalue weighted by atomic mass is 10.1. The van der Waals surface area contributed by atoms with Gasteiger partial charge in [0.2, 0.25) is 0 Å². The van der Waals surface area contributed by atoms with Gasteiger partial charge in [-0.15, -0.1) is 0 Å². The predicted octanol–water partition coefficient (Wildman–Crippen LogP) is 4.59. The number of ether oxygens (including phenoxy) is 2. The molecule has 8 heteroatoms. The molecule has 5 nitrogen and oxygen atoms in total. The van der Waals surface area contributed by atoms with E-state index in [0.717, 1.165) is 37.6 Å². The Hall–Kier alpha value is -2.06. The molecule has 0 aromatic heterocycles. The van der Waals surface area contributed by atoms with Gasteiger partial charge in [0.15, 0.2) is 4.32 Å². The first-order valence-electron chi connectivity index (χ1n) is 9.11. The van der Waals surface area contributed by atoms with Crippen LogP contribution >= 0.6 is 35.6 Å². The molecule has 4 rings (SSSR count). The Balaban J connectivity index is 1.53. The highest BCUT2D eigenvalue weighted by molar-refractivity contribution is 8.27. The molecule has 0 radical (unpaired) electrons. The molecule has 0 spiro atoms. The number of nitrogens with zero attached hydrogens (tertiary/aromatic N) is 2. The maximum Gasteiger partial charge on any atom is 0.270 e. The Morgan fingerprint density at radius 3 is 2.48 bits per heavy atom. The number of hydrogen-bond donors (Lipinski definition) is 0. The third-order valence-corrected chi connectivity index (χ3v) is 6.35. The quantitative estimate of drug-likeness (QED) is 0.505. The summed E-state index contributed by atoms with van der Waals surface area (Å²) in [5.74, 6) is 0.398. The molecule has 2 aromatic carbocycles. The topological polar surface area (TPSA) is 42.0 Å². The molecule has 2 aliphatic heterocycles. The number of amides is 1. The highest BCUT2D eigenvalue weighted by Crippen LogP contribution is 2.38. The van der Waals surface area contributed by atoms with Crippen LogP contribution in [0.3, 0.4) is 0 Å². The molecule has 150 valence electrons. The minimum absolute atomic E-state index is 0.154. The Bertz CT molecular complexity index is 972. The standard InChI is InChI=1S/C21H19ClN2O3S2/c1-26-18-7-6-16(13-17(18)22)24-20(25)19(29-21(24)28)12-14-2-4-15(5-3-14)23-8-10-27-11-9-23/h2-7,12-13H,8-11H2,1H3/b19-12-. The SMILES string of the molecule is COc1ccc(N2C(=O)/C(=C/c3ccc(N4CCOCC4)cc3)SC2=S)cc1Cl. The van der Waals surface area contributed by atoms with Crippen LogP contribution in [0.5, 0.6) is 5.75 Å². The van der Waals surface area contributed by atoms with Crippen LogP contribution in [-0.2, 0) is 9.53 Å². The first kappa shape index (κ1) is 20.2. The van der Waals surface area contributed by atoms with Gasteiger partial charge in [0, 0.05) is 18.8 Å². The number of benzene rings is 2. The monoisotopic (exact) mass is 446 g/mol. The van der Waals surface area contributed by atoms with Crippen molar-refractivity contribution in [1.29, 1.82) is 0 Å². The van der Waals surface area contributed by atoms with Gasteiger partial charge < -0.3 is 14.4 Å². The van der Waals surface area contributed by atoms with E-state index >= 15 is 0 Å². The summed E-state index contributed by atoms with van der Waals surface area (Å²) in [5.41, 5.74) is 2.74. The molecule has 0 atom stereocenters. The average Bonchev–Trinajstić information content (AvgIpc) is 3.02. The molecule has 0 unspecified atom stereocenters. The van der Waals surface area contributed by atoms with E-state index < -0.39 is 0 Å². The van der Waals surface area contributed by atoms with Crippen molar-refractivity contribution in [3.63, 3.8) is 0 Å². The third kappa shape index (κ3) is 4.28. The first-order chi connectivity index (χ1) is 14.1. The number of carbonyl (C=O) groups excluding carboxylic acids is 1. The fraction of sp³-hybridized carbons (Fsp3) is 0.238. The Morgan fingerprint density at radius 2 is 1.83 bits per heavy atom. The van der Waals surface area contributed by atoms with Crippen LogP contribution < -0.4 is 14.5 Å². The van der Waals surface area contributed by atoms with Crippen LogP contribution in [-0.4, -0.2) is 43.6 Å². The second-order valence-electron chi connectivity index (χ2n) is 6.53. The van der Waals surface area contributed by atoms with Crippen LogP contribution in [0.25, 0.3) is 6.08 Å². The molecule has 29 heavy (non-hydrogen) atoms. The van der Waals surface area contributed by atoms with Gasteiger partial charge >= 0.3 is 0 Å². The fourth-order valence-electron chi connectivity index (χ4n) is 3.24. The number of anilines is 2. The van der Waals surface area contributed by atoms with Gasteiger partial charge in [-0.05, 0) is 42.0 Å². The van der Waals surface area contributed by atoms with Crippen LogP contribution in [0.2, 0.25) is 5.02 Å². The fourth-order valence-corrected chi connectivity index (χ4v) is 4.79. The van der Waals surface area contributed by atoms with Crippen molar-refractivity contribution in [3.8, 4) is 5.75 Å². The van der Waals surface area contributed by atoms with E-state index in [4.69, 9.17) is 33.3 Å². The van der Waals surface area contributed by atoms with E-state index in [2.05, 4.69) is 17.0 Å². The van der Waals surface area contributed by atoms with Gasteiger partial charge in [0.1, 0.15) is 5.75 Å². The zero-order valence-electron chi connectivity index (χ0n) is 15.8. The van der Waals surface area contributed by atoms with E-state index in [1.54, 1.807) is 25.3 Å². The summed E-state index contributed by atoms with van der Waals surface area (Å²) >= 11 is 12.9. The Morgan fingerprint density at radius 1 is 1.14 bits per heavy atom. The number of halogens is 1. The van der Waals surface area contributed by atoms with Gasteiger partial charge in [0.25, 0.3) is 5.91 Å². The van der Waals surface area contributed by atoms with Gasteiger partial charge in [-0.2, -0.15) is 0 Å². The van der Waals surface area contributed by atoms with Gasteiger partial charge in [-0.3, -0.25) is 9.69 Å². The van der Waals surface area contributed by atoms with Gasteiger partial charge in [0.05, 0.1) is 35.9 Å². The minimum atomic E-state index is -0.154. The molecule has 2 aromatic rings. The highest BCUT2D eigenvalue weighted by Gasteiger charge is 2.33. The number of morpholine rings is 1. The number of rotatable bonds is 4. The number of thioether (sulfide) groups is 1. The zero-order chi connectivity index (χ0) is 20.4. The Labute approximate surface area is 184 Å². The number of hydrogen-bond acceptors (Lipinski definition) is 6. The second-order valence-corrected chi connectivity index (χ2v) is 8.61. The van der Waals surface area contributed by atoms with Crippen molar-refractivity contribution in [1.82, 2.24) is 0 Å². The highest BCUT2D eigenvalue weighted by atomic mass is 35.5. The van der Waals surface area contributed by atoms with E-state index in [1.807, 2.05) is 18.2 Å². The molecule has 0 aliphatic carbocycles. The molecule has 0 N–H and O–H groups in total.